The Labute approximate surface area is 120 Å². The number of ether oxygens (including phenoxy) is 2. The summed E-state index contributed by atoms with van der Waals surface area (Å²) in [5, 5.41) is 3.25. The predicted molar refractivity (Wildman–Crippen MR) is 78.5 cm³/mol. The third kappa shape index (κ3) is 3.73. The minimum atomic E-state index is 0.0976. The van der Waals surface area contributed by atoms with Crippen molar-refractivity contribution in [3.05, 3.63) is 23.8 Å². The summed E-state index contributed by atoms with van der Waals surface area (Å²) in [6.07, 6.45) is 4.53. The van der Waals surface area contributed by atoms with Crippen molar-refractivity contribution in [3.63, 3.8) is 0 Å². The highest BCUT2D eigenvalue weighted by Crippen LogP contribution is 2.28. The molecular formula is C16H23NO3. The van der Waals surface area contributed by atoms with Crippen molar-refractivity contribution in [2.75, 3.05) is 20.8 Å². The van der Waals surface area contributed by atoms with Crippen LogP contribution in [-0.2, 0) is 11.2 Å². The predicted octanol–water partition coefficient (Wildman–Crippen LogP) is 2.35. The quantitative estimate of drug-likeness (QED) is 0.831. The van der Waals surface area contributed by atoms with E-state index >= 15 is 0 Å². The van der Waals surface area contributed by atoms with Crippen molar-refractivity contribution in [2.24, 2.45) is 0 Å². The number of methoxy groups -OCH3 is 2. The number of hydrogen-bond donors (Lipinski definition) is 1. The van der Waals surface area contributed by atoms with E-state index < -0.39 is 0 Å². The molecule has 4 nitrogen and oxygen atoms in total. The summed E-state index contributed by atoms with van der Waals surface area (Å²) in [5.74, 6) is 1.83. The van der Waals surface area contributed by atoms with Gasteiger partial charge in [-0.25, -0.2) is 0 Å². The van der Waals surface area contributed by atoms with Gasteiger partial charge in [0.05, 0.1) is 20.3 Å². The molecule has 1 fully saturated rings. The largest absolute Gasteiger partial charge is 0.493 e. The molecule has 0 radical (unpaired) electrons. The van der Waals surface area contributed by atoms with Gasteiger partial charge < -0.3 is 14.8 Å². The number of Topliss-reactive ketones (excluding diaryl/α,β-unsaturated/α-hetero) is 1. The summed E-state index contributed by atoms with van der Waals surface area (Å²) in [7, 11) is 3.27. The molecule has 1 aliphatic heterocycles. The van der Waals surface area contributed by atoms with Crippen LogP contribution in [-0.4, -0.2) is 32.6 Å². The monoisotopic (exact) mass is 277 g/mol. The Morgan fingerprint density at radius 3 is 2.75 bits per heavy atom. The fraction of sp³-hybridized carbons (Fsp3) is 0.562. The zero-order chi connectivity index (χ0) is 14.4. The average molecular weight is 277 g/mol. The van der Waals surface area contributed by atoms with Crippen LogP contribution in [0.5, 0.6) is 11.5 Å². The molecule has 1 N–H and O–H groups in total. The molecule has 1 aliphatic rings. The first kappa shape index (κ1) is 14.9. The lowest BCUT2D eigenvalue weighted by atomic mass is 10.0. The SMILES string of the molecule is COc1ccc(CCCC(=O)[C@@H]2CCCN2)cc1OC. The minimum absolute atomic E-state index is 0.0976. The van der Waals surface area contributed by atoms with Crippen molar-refractivity contribution in [2.45, 2.75) is 38.1 Å². The van der Waals surface area contributed by atoms with Gasteiger partial charge in [0, 0.05) is 6.42 Å². The average Bonchev–Trinajstić information content (AvgIpc) is 3.01. The fourth-order valence-corrected chi connectivity index (χ4v) is 2.64. The zero-order valence-electron chi connectivity index (χ0n) is 12.3. The molecule has 0 saturated carbocycles. The highest BCUT2D eigenvalue weighted by Gasteiger charge is 2.21. The van der Waals surface area contributed by atoms with Crippen LogP contribution < -0.4 is 14.8 Å². The molecule has 0 aliphatic carbocycles. The Bertz CT molecular complexity index is 453. The van der Waals surface area contributed by atoms with Crippen molar-refractivity contribution in [3.8, 4) is 11.5 Å². The van der Waals surface area contributed by atoms with Crippen molar-refractivity contribution >= 4 is 5.78 Å². The normalized spacial score (nSPS) is 18.0. The number of carbonyl (C=O) groups excluding carboxylic acids is 1. The first-order valence-corrected chi connectivity index (χ1v) is 7.21. The second kappa shape index (κ2) is 7.29. The van der Waals surface area contributed by atoms with E-state index in [0.717, 1.165) is 43.7 Å². The van der Waals surface area contributed by atoms with Crippen LogP contribution in [0.15, 0.2) is 18.2 Å². The molecule has 1 saturated heterocycles. The molecule has 1 aromatic rings. The smallest absolute Gasteiger partial charge is 0.160 e. The number of benzene rings is 1. The summed E-state index contributed by atoms with van der Waals surface area (Å²) in [4.78, 5) is 12.0. The number of ketones is 1. The standard InChI is InChI=1S/C16H23NO3/c1-19-15-9-8-12(11-16(15)20-2)5-3-7-14(18)13-6-4-10-17-13/h8-9,11,13,17H,3-7,10H2,1-2H3/t13-/m0/s1. The maximum atomic E-state index is 12.0. The van der Waals surface area contributed by atoms with E-state index in [4.69, 9.17) is 9.47 Å². The van der Waals surface area contributed by atoms with E-state index in [2.05, 4.69) is 5.32 Å². The van der Waals surface area contributed by atoms with Crippen LogP contribution in [0, 0.1) is 0 Å². The molecule has 0 aromatic heterocycles. The third-order valence-electron chi connectivity index (χ3n) is 3.79. The highest BCUT2D eigenvalue weighted by molar-refractivity contribution is 5.84. The molecule has 1 heterocycles. The number of rotatable bonds is 7. The Morgan fingerprint density at radius 2 is 2.10 bits per heavy atom. The summed E-state index contributed by atoms with van der Waals surface area (Å²) in [5.41, 5.74) is 1.18. The lowest BCUT2D eigenvalue weighted by molar-refractivity contribution is -0.120. The van der Waals surface area contributed by atoms with Crippen LogP contribution in [0.25, 0.3) is 0 Å². The third-order valence-corrected chi connectivity index (χ3v) is 3.79. The van der Waals surface area contributed by atoms with Crippen LogP contribution >= 0.6 is 0 Å². The first-order valence-electron chi connectivity index (χ1n) is 7.21. The molecule has 0 amide bonds. The van der Waals surface area contributed by atoms with Gasteiger partial charge in [-0.3, -0.25) is 4.79 Å². The van der Waals surface area contributed by atoms with Gasteiger partial charge >= 0.3 is 0 Å². The van der Waals surface area contributed by atoms with Gasteiger partial charge in [-0.2, -0.15) is 0 Å². The maximum absolute atomic E-state index is 12.0. The number of aryl methyl sites for hydroxylation is 1. The lowest BCUT2D eigenvalue weighted by Crippen LogP contribution is -2.30. The van der Waals surface area contributed by atoms with Gasteiger partial charge in [-0.05, 0) is 49.9 Å². The van der Waals surface area contributed by atoms with Gasteiger partial charge in [-0.15, -0.1) is 0 Å². The fourth-order valence-electron chi connectivity index (χ4n) is 2.64. The Kier molecular flexibility index (Phi) is 5.41. The molecule has 0 spiro atoms. The Morgan fingerprint density at radius 1 is 1.30 bits per heavy atom. The molecule has 4 heteroatoms. The van der Waals surface area contributed by atoms with Gasteiger partial charge in [0.25, 0.3) is 0 Å². The van der Waals surface area contributed by atoms with Gasteiger partial charge in [0.15, 0.2) is 11.5 Å². The Hall–Kier alpha value is -1.55. The summed E-state index contributed by atoms with van der Waals surface area (Å²) < 4.78 is 10.5. The van der Waals surface area contributed by atoms with Crippen LogP contribution in [0.1, 0.15) is 31.2 Å². The molecule has 1 atom stereocenters. The minimum Gasteiger partial charge on any atom is -0.493 e. The molecule has 20 heavy (non-hydrogen) atoms. The second-order valence-electron chi connectivity index (χ2n) is 5.16. The summed E-state index contributed by atoms with van der Waals surface area (Å²) in [6, 6.07) is 6.02. The molecule has 0 unspecified atom stereocenters. The molecule has 1 aromatic carbocycles. The van der Waals surface area contributed by atoms with Gasteiger partial charge in [0.1, 0.15) is 5.78 Å². The summed E-state index contributed by atoms with van der Waals surface area (Å²) in [6.45, 7) is 0.978. The summed E-state index contributed by atoms with van der Waals surface area (Å²) >= 11 is 0. The Balaban J connectivity index is 1.83. The maximum Gasteiger partial charge on any atom is 0.160 e. The van der Waals surface area contributed by atoms with E-state index in [0.29, 0.717) is 12.2 Å². The van der Waals surface area contributed by atoms with Crippen molar-refractivity contribution in [1.82, 2.24) is 5.32 Å². The van der Waals surface area contributed by atoms with Crippen LogP contribution in [0.3, 0.4) is 0 Å². The van der Waals surface area contributed by atoms with E-state index in [1.165, 1.54) is 5.56 Å². The molecule has 110 valence electrons. The van der Waals surface area contributed by atoms with Crippen LogP contribution in [0.4, 0.5) is 0 Å². The van der Waals surface area contributed by atoms with Gasteiger partial charge in [0.2, 0.25) is 0 Å². The molecule has 2 rings (SSSR count). The topological polar surface area (TPSA) is 47.6 Å². The van der Waals surface area contributed by atoms with Gasteiger partial charge in [-0.1, -0.05) is 6.07 Å². The van der Waals surface area contributed by atoms with E-state index in [-0.39, 0.29) is 6.04 Å². The second-order valence-corrected chi connectivity index (χ2v) is 5.16. The zero-order valence-corrected chi connectivity index (χ0v) is 12.3. The first-order chi connectivity index (χ1) is 9.74. The lowest BCUT2D eigenvalue weighted by Gasteiger charge is -2.10. The highest BCUT2D eigenvalue weighted by atomic mass is 16.5. The number of nitrogens with one attached hydrogen (secondary N) is 1. The van der Waals surface area contributed by atoms with Crippen molar-refractivity contribution in [1.29, 1.82) is 0 Å². The molecular weight excluding hydrogens is 254 g/mol. The van der Waals surface area contributed by atoms with Crippen molar-refractivity contribution < 1.29 is 14.3 Å². The molecule has 0 bridgehead atoms. The van der Waals surface area contributed by atoms with E-state index in [9.17, 15) is 4.79 Å². The van der Waals surface area contributed by atoms with E-state index in [1.807, 2.05) is 18.2 Å². The number of carbonyl (C=O) groups is 1. The number of hydrogen-bond acceptors (Lipinski definition) is 4. The van der Waals surface area contributed by atoms with E-state index in [1.54, 1.807) is 14.2 Å². The van der Waals surface area contributed by atoms with Crippen LogP contribution in [0.2, 0.25) is 0 Å².